The van der Waals surface area contributed by atoms with Crippen molar-refractivity contribution in [1.29, 1.82) is 0 Å². The van der Waals surface area contributed by atoms with Gasteiger partial charge in [0.05, 0.1) is 0 Å². The summed E-state index contributed by atoms with van der Waals surface area (Å²) in [5.41, 5.74) is 0. The number of anilines is 1. The second-order valence-corrected chi connectivity index (χ2v) is 3.63. The Bertz CT molecular complexity index is 259. The van der Waals surface area contributed by atoms with Gasteiger partial charge in [0.2, 0.25) is 0 Å². The van der Waals surface area contributed by atoms with Gasteiger partial charge in [0.1, 0.15) is 12.1 Å². The van der Waals surface area contributed by atoms with Gasteiger partial charge < -0.3 is 10.2 Å². The van der Waals surface area contributed by atoms with E-state index in [0.717, 1.165) is 25.5 Å². The van der Waals surface area contributed by atoms with Gasteiger partial charge in [0.25, 0.3) is 0 Å². The Labute approximate surface area is 91.7 Å². The van der Waals surface area contributed by atoms with Gasteiger partial charge >= 0.3 is 0 Å². The first kappa shape index (κ1) is 11.9. The van der Waals surface area contributed by atoms with Gasteiger partial charge in [0.15, 0.2) is 0 Å². The van der Waals surface area contributed by atoms with Crippen LogP contribution < -0.4 is 5.32 Å². The van der Waals surface area contributed by atoms with Crippen molar-refractivity contribution < 1.29 is 0 Å². The Kier molecular flexibility index (Phi) is 5.04. The van der Waals surface area contributed by atoms with Crippen molar-refractivity contribution in [3.63, 3.8) is 0 Å². The summed E-state index contributed by atoms with van der Waals surface area (Å²) in [7, 11) is 0. The molecule has 4 nitrogen and oxygen atoms in total. The molecule has 1 N–H and O–H groups in total. The van der Waals surface area contributed by atoms with Crippen molar-refractivity contribution in [3.8, 4) is 0 Å². The highest BCUT2D eigenvalue weighted by atomic mass is 15.1. The predicted molar refractivity (Wildman–Crippen MR) is 62.9 cm³/mol. The summed E-state index contributed by atoms with van der Waals surface area (Å²) in [5, 5.41) is 3.35. The second-order valence-electron chi connectivity index (χ2n) is 3.63. The summed E-state index contributed by atoms with van der Waals surface area (Å²) in [4.78, 5) is 10.4. The van der Waals surface area contributed by atoms with E-state index in [-0.39, 0.29) is 0 Å². The molecule has 0 amide bonds. The van der Waals surface area contributed by atoms with Crippen molar-refractivity contribution in [2.75, 3.05) is 25.0 Å². The molecule has 1 rings (SSSR count). The fourth-order valence-corrected chi connectivity index (χ4v) is 1.54. The molecular weight excluding hydrogens is 188 g/mol. The van der Waals surface area contributed by atoms with E-state index in [1.54, 1.807) is 12.5 Å². The highest BCUT2D eigenvalue weighted by Gasteiger charge is 2.06. The Morgan fingerprint density at radius 3 is 2.67 bits per heavy atom. The molecule has 1 aromatic heterocycles. The van der Waals surface area contributed by atoms with Crippen LogP contribution in [-0.2, 0) is 0 Å². The molecule has 0 radical (unpaired) electrons. The molecule has 0 aliphatic carbocycles. The number of rotatable bonds is 6. The maximum Gasteiger partial charge on any atom is 0.129 e. The average Bonchev–Trinajstić information content (AvgIpc) is 2.27. The van der Waals surface area contributed by atoms with Crippen LogP contribution in [0.2, 0.25) is 0 Å². The number of nitrogens with one attached hydrogen (secondary N) is 1. The standard InChI is InChI=1S/C11H20N4/c1-4-15(5-2)8-10(3)14-11-6-7-12-9-13-11/h6-7,9-10H,4-5,8H2,1-3H3,(H,12,13,14). The van der Waals surface area contributed by atoms with Crippen LogP contribution in [0.3, 0.4) is 0 Å². The van der Waals surface area contributed by atoms with Crippen LogP contribution >= 0.6 is 0 Å². The van der Waals surface area contributed by atoms with E-state index in [2.05, 4.69) is 41.0 Å². The molecule has 0 fully saturated rings. The third-order valence-corrected chi connectivity index (χ3v) is 2.40. The molecular formula is C11H20N4. The Morgan fingerprint density at radius 1 is 1.40 bits per heavy atom. The van der Waals surface area contributed by atoms with Crippen LogP contribution in [-0.4, -0.2) is 40.5 Å². The number of hydrogen-bond donors (Lipinski definition) is 1. The number of likely N-dealkylation sites (N-methyl/N-ethyl adjacent to an activating group) is 1. The van der Waals surface area contributed by atoms with Gasteiger partial charge in [-0.3, -0.25) is 0 Å². The molecule has 0 saturated carbocycles. The molecule has 0 aliphatic rings. The van der Waals surface area contributed by atoms with Crippen molar-refractivity contribution in [2.45, 2.75) is 26.8 Å². The zero-order chi connectivity index (χ0) is 11.1. The zero-order valence-electron chi connectivity index (χ0n) is 9.77. The summed E-state index contributed by atoms with van der Waals surface area (Å²) in [6.07, 6.45) is 3.31. The van der Waals surface area contributed by atoms with Crippen LogP contribution in [0.25, 0.3) is 0 Å². The highest BCUT2D eigenvalue weighted by molar-refractivity contribution is 5.32. The molecule has 0 aliphatic heterocycles. The molecule has 0 spiro atoms. The molecule has 4 heteroatoms. The molecule has 15 heavy (non-hydrogen) atoms. The summed E-state index contributed by atoms with van der Waals surface area (Å²) < 4.78 is 0. The van der Waals surface area contributed by atoms with Crippen LogP contribution in [0.5, 0.6) is 0 Å². The van der Waals surface area contributed by atoms with Crippen molar-refractivity contribution in [1.82, 2.24) is 14.9 Å². The van der Waals surface area contributed by atoms with Gasteiger partial charge in [-0.05, 0) is 26.1 Å². The lowest BCUT2D eigenvalue weighted by atomic mass is 10.3. The van der Waals surface area contributed by atoms with E-state index < -0.39 is 0 Å². The maximum absolute atomic E-state index is 4.14. The normalized spacial score (nSPS) is 12.8. The fraction of sp³-hybridized carbons (Fsp3) is 0.636. The molecule has 0 saturated heterocycles. The van der Waals surface area contributed by atoms with Crippen molar-refractivity contribution >= 4 is 5.82 Å². The van der Waals surface area contributed by atoms with E-state index in [0.29, 0.717) is 6.04 Å². The largest absolute Gasteiger partial charge is 0.366 e. The molecule has 1 atom stereocenters. The van der Waals surface area contributed by atoms with Gasteiger partial charge in [-0.1, -0.05) is 13.8 Å². The lowest BCUT2D eigenvalue weighted by Gasteiger charge is -2.23. The first-order chi connectivity index (χ1) is 7.26. The minimum Gasteiger partial charge on any atom is -0.366 e. The van der Waals surface area contributed by atoms with Gasteiger partial charge in [0, 0.05) is 18.8 Å². The fourth-order valence-electron chi connectivity index (χ4n) is 1.54. The summed E-state index contributed by atoms with van der Waals surface area (Å²) in [6.45, 7) is 9.75. The predicted octanol–water partition coefficient (Wildman–Crippen LogP) is 1.62. The van der Waals surface area contributed by atoms with E-state index in [1.807, 2.05) is 6.07 Å². The van der Waals surface area contributed by atoms with E-state index in [4.69, 9.17) is 0 Å². The molecule has 1 aromatic rings. The molecule has 84 valence electrons. The zero-order valence-corrected chi connectivity index (χ0v) is 9.77. The number of aromatic nitrogens is 2. The van der Waals surface area contributed by atoms with Crippen LogP contribution in [0.1, 0.15) is 20.8 Å². The van der Waals surface area contributed by atoms with Gasteiger partial charge in [-0.25, -0.2) is 9.97 Å². The van der Waals surface area contributed by atoms with Crippen LogP contribution in [0.15, 0.2) is 18.6 Å². The smallest absolute Gasteiger partial charge is 0.129 e. The Balaban J connectivity index is 2.39. The first-order valence-corrected chi connectivity index (χ1v) is 5.51. The average molecular weight is 208 g/mol. The Morgan fingerprint density at radius 2 is 2.13 bits per heavy atom. The van der Waals surface area contributed by atoms with E-state index in [9.17, 15) is 0 Å². The topological polar surface area (TPSA) is 41.0 Å². The molecule has 1 heterocycles. The minimum absolute atomic E-state index is 0.403. The minimum atomic E-state index is 0.403. The first-order valence-electron chi connectivity index (χ1n) is 5.51. The molecule has 0 bridgehead atoms. The maximum atomic E-state index is 4.14. The lowest BCUT2D eigenvalue weighted by Crippen LogP contribution is -2.34. The monoisotopic (exact) mass is 208 g/mol. The summed E-state index contributed by atoms with van der Waals surface area (Å²) >= 11 is 0. The van der Waals surface area contributed by atoms with Crippen LogP contribution in [0, 0.1) is 0 Å². The van der Waals surface area contributed by atoms with Crippen molar-refractivity contribution in [2.24, 2.45) is 0 Å². The third-order valence-electron chi connectivity index (χ3n) is 2.40. The lowest BCUT2D eigenvalue weighted by molar-refractivity contribution is 0.294. The SMILES string of the molecule is CCN(CC)CC(C)Nc1ccncn1. The highest BCUT2D eigenvalue weighted by Crippen LogP contribution is 2.02. The quantitative estimate of drug-likeness (QED) is 0.771. The van der Waals surface area contributed by atoms with Crippen LogP contribution in [0.4, 0.5) is 5.82 Å². The summed E-state index contributed by atoms with van der Waals surface area (Å²) in [6, 6.07) is 2.29. The van der Waals surface area contributed by atoms with Gasteiger partial charge in [-0.15, -0.1) is 0 Å². The van der Waals surface area contributed by atoms with Crippen molar-refractivity contribution in [3.05, 3.63) is 18.6 Å². The van der Waals surface area contributed by atoms with E-state index in [1.165, 1.54) is 0 Å². The van der Waals surface area contributed by atoms with E-state index >= 15 is 0 Å². The molecule has 0 aromatic carbocycles. The second kappa shape index (κ2) is 6.35. The number of hydrogen-bond acceptors (Lipinski definition) is 4. The summed E-state index contributed by atoms with van der Waals surface area (Å²) in [5.74, 6) is 0.893. The van der Waals surface area contributed by atoms with Gasteiger partial charge in [-0.2, -0.15) is 0 Å². The Hall–Kier alpha value is -1.16. The molecule has 1 unspecified atom stereocenters. The third kappa shape index (κ3) is 4.25. The number of nitrogens with zero attached hydrogens (tertiary/aromatic N) is 3.